The summed E-state index contributed by atoms with van der Waals surface area (Å²) in [5, 5.41) is 10.2. The van der Waals surface area contributed by atoms with Gasteiger partial charge in [-0.3, -0.25) is 4.79 Å². The van der Waals surface area contributed by atoms with Crippen molar-refractivity contribution in [3.05, 3.63) is 41.5 Å². The minimum absolute atomic E-state index is 0.0740. The number of hydrogen-bond acceptors (Lipinski definition) is 4. The second kappa shape index (κ2) is 5.26. The van der Waals surface area contributed by atoms with Gasteiger partial charge in [-0.1, -0.05) is 44.2 Å². The molecule has 1 heterocycles. The lowest BCUT2D eigenvalue weighted by molar-refractivity contribution is -0.149. The number of carbonyl (C=O) groups excluding carboxylic acids is 2. The quantitative estimate of drug-likeness (QED) is 0.392. The van der Waals surface area contributed by atoms with Crippen LogP contribution in [0.1, 0.15) is 25.8 Å². The van der Waals surface area contributed by atoms with E-state index in [1.807, 2.05) is 19.9 Å². The molecule has 1 aliphatic heterocycles. The van der Waals surface area contributed by atoms with Crippen LogP contribution in [0.15, 0.2) is 35.9 Å². The van der Waals surface area contributed by atoms with Gasteiger partial charge in [0.1, 0.15) is 11.9 Å². The smallest absolute Gasteiger partial charge is 0.380 e. The van der Waals surface area contributed by atoms with Gasteiger partial charge in [-0.15, -0.1) is 0 Å². The second-order valence-electron chi connectivity index (χ2n) is 4.98. The molecule has 0 bridgehead atoms. The molecule has 2 rings (SSSR count). The minimum atomic E-state index is -0.886. The van der Waals surface area contributed by atoms with Gasteiger partial charge in [0.15, 0.2) is 0 Å². The number of ether oxygens (including phenoxy) is 1. The van der Waals surface area contributed by atoms with E-state index in [1.165, 1.54) is 0 Å². The molecule has 0 unspecified atom stereocenters. The molecule has 0 spiro atoms. The van der Waals surface area contributed by atoms with Gasteiger partial charge in [-0.25, -0.2) is 4.79 Å². The number of benzene rings is 1. The molecule has 0 amide bonds. The summed E-state index contributed by atoms with van der Waals surface area (Å²) in [4.78, 5) is 23.2. The highest BCUT2D eigenvalue weighted by Crippen LogP contribution is 2.29. The summed E-state index contributed by atoms with van der Waals surface area (Å²) < 4.78 is 5.03. The lowest BCUT2D eigenvalue weighted by Crippen LogP contribution is -2.14. The molecular formula is C15H16O4. The van der Waals surface area contributed by atoms with E-state index in [0.29, 0.717) is 12.0 Å². The summed E-state index contributed by atoms with van der Waals surface area (Å²) in [5.74, 6) is -1.54. The molecule has 1 saturated heterocycles. The number of rotatable bonds is 3. The Hall–Kier alpha value is -2.10. The van der Waals surface area contributed by atoms with Crippen LogP contribution >= 0.6 is 0 Å². The van der Waals surface area contributed by atoms with Crippen molar-refractivity contribution in [2.24, 2.45) is 5.92 Å². The van der Waals surface area contributed by atoms with Crippen LogP contribution in [0.3, 0.4) is 0 Å². The summed E-state index contributed by atoms with van der Waals surface area (Å²) in [6.07, 6.45) is -0.135. The molecule has 0 aromatic heterocycles. The maximum Gasteiger partial charge on any atom is 0.380 e. The van der Waals surface area contributed by atoms with E-state index in [9.17, 15) is 14.7 Å². The third kappa shape index (κ3) is 2.67. The maximum atomic E-state index is 11.8. The molecule has 0 radical (unpaired) electrons. The summed E-state index contributed by atoms with van der Waals surface area (Å²) >= 11 is 0. The Kier molecular flexibility index (Phi) is 3.69. The third-order valence-electron chi connectivity index (χ3n) is 2.99. The predicted octanol–water partition coefficient (Wildman–Crippen LogP) is 2.50. The highest BCUT2D eigenvalue weighted by molar-refractivity contribution is 6.44. The number of hydrogen-bond donors (Lipinski definition) is 1. The first-order chi connectivity index (χ1) is 9.00. The highest BCUT2D eigenvalue weighted by atomic mass is 16.6. The average molecular weight is 260 g/mol. The standard InChI is InChI=1S/C15H16O4/c1-9(2)8-11-12(14(17)15(18)19-11)13(16)10-6-4-3-5-7-10/h3-7,9,11,16H,8H2,1-2H3/b13-12+/t11-/m1/s1. The van der Waals surface area contributed by atoms with Crippen molar-refractivity contribution in [3.63, 3.8) is 0 Å². The summed E-state index contributed by atoms with van der Waals surface area (Å²) in [6, 6.07) is 8.69. The van der Waals surface area contributed by atoms with Gasteiger partial charge in [0, 0.05) is 5.56 Å². The molecular weight excluding hydrogens is 244 g/mol. The molecule has 1 N–H and O–H groups in total. The second-order valence-corrected chi connectivity index (χ2v) is 4.98. The van der Waals surface area contributed by atoms with E-state index in [-0.39, 0.29) is 17.3 Å². The topological polar surface area (TPSA) is 63.6 Å². The number of cyclic esters (lactones) is 1. The zero-order chi connectivity index (χ0) is 14.0. The number of ketones is 1. The first-order valence-electron chi connectivity index (χ1n) is 6.24. The van der Waals surface area contributed by atoms with Crippen LogP contribution in [0, 0.1) is 5.92 Å². The predicted molar refractivity (Wildman–Crippen MR) is 70.3 cm³/mol. The average Bonchev–Trinajstić information content (AvgIpc) is 2.64. The van der Waals surface area contributed by atoms with Crippen LogP contribution in [-0.2, 0) is 14.3 Å². The lowest BCUT2D eigenvalue weighted by Gasteiger charge is -2.13. The molecule has 1 atom stereocenters. The fourth-order valence-corrected chi connectivity index (χ4v) is 2.10. The van der Waals surface area contributed by atoms with Gasteiger partial charge >= 0.3 is 5.97 Å². The molecule has 1 aromatic rings. The molecule has 4 heteroatoms. The number of Topliss-reactive ketones (excluding diaryl/α,β-unsaturated/α-hetero) is 1. The summed E-state index contributed by atoms with van der Waals surface area (Å²) in [6.45, 7) is 3.93. The third-order valence-corrected chi connectivity index (χ3v) is 2.99. The lowest BCUT2D eigenvalue weighted by atomic mass is 9.96. The van der Waals surface area contributed by atoms with Crippen molar-refractivity contribution in [2.75, 3.05) is 0 Å². The van der Waals surface area contributed by atoms with E-state index >= 15 is 0 Å². The molecule has 0 aliphatic carbocycles. The van der Waals surface area contributed by atoms with Gasteiger partial charge in [0.05, 0.1) is 5.57 Å². The molecule has 1 fully saturated rings. The summed E-state index contributed by atoms with van der Waals surface area (Å²) in [7, 11) is 0. The van der Waals surface area contributed by atoms with Crippen LogP contribution in [0.25, 0.3) is 5.76 Å². The normalized spacial score (nSPS) is 21.7. The Balaban J connectivity index is 2.43. The Labute approximate surface area is 111 Å². The van der Waals surface area contributed by atoms with Crippen molar-refractivity contribution in [1.29, 1.82) is 0 Å². The van der Waals surface area contributed by atoms with Crippen LogP contribution in [0.2, 0.25) is 0 Å². The van der Waals surface area contributed by atoms with Crippen LogP contribution in [0.4, 0.5) is 0 Å². The fourth-order valence-electron chi connectivity index (χ4n) is 2.10. The monoisotopic (exact) mass is 260 g/mol. The number of aliphatic hydroxyl groups is 1. The van der Waals surface area contributed by atoms with E-state index in [0.717, 1.165) is 0 Å². The van der Waals surface area contributed by atoms with Gasteiger partial charge < -0.3 is 9.84 Å². The van der Waals surface area contributed by atoms with Crippen LogP contribution < -0.4 is 0 Å². The van der Waals surface area contributed by atoms with Crippen LogP contribution in [0.5, 0.6) is 0 Å². The first kappa shape index (κ1) is 13.3. The minimum Gasteiger partial charge on any atom is -0.507 e. The van der Waals surface area contributed by atoms with E-state index < -0.39 is 17.9 Å². The maximum absolute atomic E-state index is 11.8. The number of aliphatic hydroxyl groups excluding tert-OH is 1. The number of esters is 1. The highest BCUT2D eigenvalue weighted by Gasteiger charge is 2.41. The van der Waals surface area contributed by atoms with Crippen molar-refractivity contribution in [1.82, 2.24) is 0 Å². The molecule has 19 heavy (non-hydrogen) atoms. The van der Waals surface area contributed by atoms with Crippen LogP contribution in [-0.4, -0.2) is 23.0 Å². The zero-order valence-corrected chi connectivity index (χ0v) is 10.9. The molecule has 0 saturated carbocycles. The van der Waals surface area contributed by atoms with Gasteiger partial charge in [0.2, 0.25) is 0 Å². The van der Waals surface area contributed by atoms with Crippen molar-refractivity contribution < 1.29 is 19.4 Å². The first-order valence-corrected chi connectivity index (χ1v) is 6.24. The van der Waals surface area contributed by atoms with E-state index in [4.69, 9.17) is 4.74 Å². The van der Waals surface area contributed by atoms with Gasteiger partial charge in [-0.05, 0) is 12.3 Å². The SMILES string of the molecule is CC(C)C[C@H]1OC(=O)C(=O)/C1=C(/O)c1ccccc1. The van der Waals surface area contributed by atoms with Crippen molar-refractivity contribution in [3.8, 4) is 0 Å². The van der Waals surface area contributed by atoms with Gasteiger partial charge in [0.25, 0.3) is 5.78 Å². The van der Waals surface area contributed by atoms with Crippen molar-refractivity contribution in [2.45, 2.75) is 26.4 Å². The number of carbonyl (C=O) groups is 2. The zero-order valence-electron chi connectivity index (χ0n) is 10.9. The molecule has 100 valence electrons. The van der Waals surface area contributed by atoms with E-state index in [2.05, 4.69) is 0 Å². The molecule has 4 nitrogen and oxygen atoms in total. The Morgan fingerprint density at radius 2 is 1.89 bits per heavy atom. The summed E-state index contributed by atoms with van der Waals surface area (Å²) in [5.41, 5.74) is 0.586. The van der Waals surface area contributed by atoms with Gasteiger partial charge in [-0.2, -0.15) is 0 Å². The van der Waals surface area contributed by atoms with E-state index in [1.54, 1.807) is 24.3 Å². The molecule has 1 aliphatic rings. The largest absolute Gasteiger partial charge is 0.507 e. The Morgan fingerprint density at radius 1 is 1.26 bits per heavy atom. The Morgan fingerprint density at radius 3 is 2.47 bits per heavy atom. The van der Waals surface area contributed by atoms with Crippen molar-refractivity contribution >= 4 is 17.5 Å². The fraction of sp³-hybridized carbons (Fsp3) is 0.333. The Bertz CT molecular complexity index is 528. The molecule has 1 aromatic carbocycles.